The third-order valence-corrected chi connectivity index (χ3v) is 3.67. The van der Waals surface area contributed by atoms with Crippen LogP contribution in [0, 0.1) is 12.8 Å². The van der Waals surface area contributed by atoms with Crippen molar-refractivity contribution in [2.24, 2.45) is 5.92 Å². The minimum atomic E-state index is -1.04. The van der Waals surface area contributed by atoms with Crippen molar-refractivity contribution < 1.29 is 19.4 Å². The van der Waals surface area contributed by atoms with Crippen molar-refractivity contribution in [3.8, 4) is 0 Å². The van der Waals surface area contributed by atoms with Gasteiger partial charge in [0.2, 0.25) is 5.91 Å². The van der Waals surface area contributed by atoms with E-state index in [9.17, 15) is 14.7 Å². The zero-order valence-electron chi connectivity index (χ0n) is 15.3. The Kier molecular flexibility index (Phi) is 7.42. The number of carbonyl (C=O) groups is 2. The van der Waals surface area contributed by atoms with Gasteiger partial charge in [-0.05, 0) is 39.7 Å². The Labute approximate surface area is 144 Å². The van der Waals surface area contributed by atoms with E-state index >= 15 is 0 Å². The summed E-state index contributed by atoms with van der Waals surface area (Å²) < 4.78 is 5.54. The van der Waals surface area contributed by atoms with Crippen LogP contribution >= 0.6 is 0 Å². The van der Waals surface area contributed by atoms with Gasteiger partial charge in [0.1, 0.15) is 6.04 Å². The van der Waals surface area contributed by atoms with E-state index in [1.54, 1.807) is 6.92 Å². The molecule has 1 rings (SSSR count). The summed E-state index contributed by atoms with van der Waals surface area (Å²) in [4.78, 5) is 23.6. The molecular formula is C19H29NO4. The average molecular weight is 335 g/mol. The molecule has 5 nitrogen and oxygen atoms in total. The number of aliphatic carboxylic acids is 1. The lowest BCUT2D eigenvalue weighted by Crippen LogP contribution is -2.44. The van der Waals surface area contributed by atoms with Crippen molar-refractivity contribution >= 4 is 11.9 Å². The molecular weight excluding hydrogens is 306 g/mol. The van der Waals surface area contributed by atoms with Crippen molar-refractivity contribution in [2.45, 2.75) is 59.1 Å². The number of carboxylic acids is 1. The maximum atomic E-state index is 12.3. The summed E-state index contributed by atoms with van der Waals surface area (Å²) in [5.74, 6) is -1.58. The molecule has 2 atom stereocenters. The van der Waals surface area contributed by atoms with Gasteiger partial charge in [-0.15, -0.1) is 0 Å². The van der Waals surface area contributed by atoms with Gasteiger partial charge < -0.3 is 15.2 Å². The maximum absolute atomic E-state index is 12.3. The van der Waals surface area contributed by atoms with Crippen LogP contribution in [0.15, 0.2) is 24.3 Å². The van der Waals surface area contributed by atoms with Crippen LogP contribution < -0.4 is 5.32 Å². The second-order valence-electron chi connectivity index (χ2n) is 7.24. The fourth-order valence-electron chi connectivity index (χ4n) is 2.22. The maximum Gasteiger partial charge on any atom is 0.326 e. The van der Waals surface area contributed by atoms with Gasteiger partial charge in [-0.2, -0.15) is 0 Å². The minimum absolute atomic E-state index is 0.246. The average Bonchev–Trinajstić information content (AvgIpc) is 2.47. The molecule has 0 heterocycles. The van der Waals surface area contributed by atoms with Gasteiger partial charge in [0, 0.05) is 18.9 Å². The molecule has 1 amide bonds. The largest absolute Gasteiger partial charge is 0.480 e. The molecule has 0 bridgehead atoms. The summed E-state index contributed by atoms with van der Waals surface area (Å²) in [6.45, 7) is 9.82. The lowest BCUT2D eigenvalue weighted by Gasteiger charge is -2.22. The van der Waals surface area contributed by atoms with Gasteiger partial charge in [-0.25, -0.2) is 4.79 Å². The Morgan fingerprint density at radius 2 is 1.79 bits per heavy atom. The summed E-state index contributed by atoms with van der Waals surface area (Å²) in [5, 5.41) is 11.9. The number of aryl methyl sites for hydroxylation is 1. The van der Waals surface area contributed by atoms with E-state index in [0.29, 0.717) is 6.42 Å². The van der Waals surface area contributed by atoms with Crippen LogP contribution in [0.3, 0.4) is 0 Å². The number of ether oxygens (including phenoxy) is 1. The molecule has 0 saturated carbocycles. The Balaban J connectivity index is 2.54. The van der Waals surface area contributed by atoms with Crippen LogP contribution in [-0.4, -0.2) is 35.2 Å². The lowest BCUT2D eigenvalue weighted by molar-refractivity contribution is -0.143. The first-order chi connectivity index (χ1) is 11.1. The van der Waals surface area contributed by atoms with Crippen LogP contribution in [-0.2, 0) is 20.7 Å². The van der Waals surface area contributed by atoms with E-state index in [1.165, 1.54) is 5.56 Å². The molecule has 24 heavy (non-hydrogen) atoms. The number of rotatable bonds is 8. The van der Waals surface area contributed by atoms with Gasteiger partial charge in [-0.1, -0.05) is 36.8 Å². The van der Waals surface area contributed by atoms with Gasteiger partial charge in [-0.3, -0.25) is 4.79 Å². The number of carboxylic acid groups (broad SMARTS) is 1. The molecule has 0 saturated heterocycles. The first kappa shape index (κ1) is 20.2. The van der Waals surface area contributed by atoms with Crippen molar-refractivity contribution in [3.05, 3.63) is 35.4 Å². The first-order valence-electron chi connectivity index (χ1n) is 8.31. The van der Waals surface area contributed by atoms with Crippen molar-refractivity contribution in [2.75, 3.05) is 6.61 Å². The summed E-state index contributed by atoms with van der Waals surface area (Å²) in [6, 6.07) is 7.06. The first-order valence-corrected chi connectivity index (χ1v) is 8.31. The van der Waals surface area contributed by atoms with E-state index in [2.05, 4.69) is 5.32 Å². The van der Waals surface area contributed by atoms with E-state index in [1.807, 2.05) is 52.0 Å². The SMILES string of the molecule is Cc1ccc(CC(C)C(=O)NC(CCOC(C)(C)C)C(=O)O)cc1. The van der Waals surface area contributed by atoms with Crippen LogP contribution in [0.2, 0.25) is 0 Å². The number of amides is 1. The highest BCUT2D eigenvalue weighted by molar-refractivity contribution is 5.84. The number of hydrogen-bond donors (Lipinski definition) is 2. The van der Waals surface area contributed by atoms with Gasteiger partial charge in [0.05, 0.1) is 5.60 Å². The van der Waals surface area contributed by atoms with Crippen LogP contribution in [0.4, 0.5) is 0 Å². The molecule has 1 aromatic carbocycles. The Bertz CT molecular complexity index is 545. The van der Waals surface area contributed by atoms with E-state index in [-0.39, 0.29) is 30.5 Å². The molecule has 0 aromatic heterocycles. The molecule has 2 unspecified atom stereocenters. The topological polar surface area (TPSA) is 75.6 Å². The van der Waals surface area contributed by atoms with Gasteiger partial charge >= 0.3 is 5.97 Å². The third-order valence-electron chi connectivity index (χ3n) is 3.67. The Hall–Kier alpha value is -1.88. The Morgan fingerprint density at radius 3 is 2.29 bits per heavy atom. The van der Waals surface area contributed by atoms with Crippen molar-refractivity contribution in [3.63, 3.8) is 0 Å². The van der Waals surface area contributed by atoms with E-state index < -0.39 is 12.0 Å². The third kappa shape index (κ3) is 7.59. The monoisotopic (exact) mass is 335 g/mol. The second-order valence-corrected chi connectivity index (χ2v) is 7.24. The number of benzene rings is 1. The highest BCUT2D eigenvalue weighted by Gasteiger charge is 2.23. The lowest BCUT2D eigenvalue weighted by atomic mass is 9.99. The standard InChI is InChI=1S/C19H29NO4/c1-13-6-8-15(9-7-13)12-14(2)17(21)20-16(18(22)23)10-11-24-19(3,4)5/h6-9,14,16H,10-12H2,1-5H3,(H,20,21)(H,22,23). The molecule has 134 valence electrons. The molecule has 0 fully saturated rings. The quantitative estimate of drug-likeness (QED) is 0.766. The molecule has 0 radical (unpaired) electrons. The summed E-state index contributed by atoms with van der Waals surface area (Å²) in [5.41, 5.74) is 1.90. The smallest absolute Gasteiger partial charge is 0.326 e. The molecule has 5 heteroatoms. The number of hydrogen-bond acceptors (Lipinski definition) is 3. The highest BCUT2D eigenvalue weighted by Crippen LogP contribution is 2.12. The zero-order valence-corrected chi connectivity index (χ0v) is 15.3. The fraction of sp³-hybridized carbons (Fsp3) is 0.579. The van der Waals surface area contributed by atoms with Crippen LogP contribution in [0.1, 0.15) is 45.2 Å². The zero-order chi connectivity index (χ0) is 18.3. The van der Waals surface area contributed by atoms with Crippen molar-refractivity contribution in [1.82, 2.24) is 5.32 Å². The summed E-state index contributed by atoms with van der Waals surface area (Å²) in [6.07, 6.45) is 0.826. The summed E-state index contributed by atoms with van der Waals surface area (Å²) in [7, 11) is 0. The summed E-state index contributed by atoms with van der Waals surface area (Å²) >= 11 is 0. The minimum Gasteiger partial charge on any atom is -0.480 e. The molecule has 1 aromatic rings. The molecule has 2 N–H and O–H groups in total. The molecule has 0 spiro atoms. The number of nitrogens with one attached hydrogen (secondary N) is 1. The van der Waals surface area contributed by atoms with Crippen molar-refractivity contribution in [1.29, 1.82) is 0 Å². The second kappa shape index (κ2) is 8.83. The fourth-order valence-corrected chi connectivity index (χ4v) is 2.22. The van der Waals surface area contributed by atoms with Gasteiger partial charge in [0.15, 0.2) is 0 Å². The van der Waals surface area contributed by atoms with Gasteiger partial charge in [0.25, 0.3) is 0 Å². The molecule has 0 aliphatic carbocycles. The predicted octanol–water partition coefficient (Wildman–Crippen LogP) is 2.95. The van der Waals surface area contributed by atoms with E-state index in [0.717, 1.165) is 5.56 Å². The highest BCUT2D eigenvalue weighted by atomic mass is 16.5. The predicted molar refractivity (Wildman–Crippen MR) is 93.9 cm³/mol. The Morgan fingerprint density at radius 1 is 1.21 bits per heavy atom. The normalized spacial score (nSPS) is 14.0. The van der Waals surface area contributed by atoms with Crippen LogP contribution in [0.5, 0.6) is 0 Å². The molecule has 0 aliphatic rings. The van der Waals surface area contributed by atoms with Crippen LogP contribution in [0.25, 0.3) is 0 Å². The molecule has 0 aliphatic heterocycles. The number of carbonyl (C=O) groups excluding carboxylic acids is 1. The van der Waals surface area contributed by atoms with E-state index in [4.69, 9.17) is 4.74 Å².